The number of nitrogens with zero attached hydrogens (tertiary/aromatic N) is 2. The van der Waals surface area contributed by atoms with Gasteiger partial charge in [-0.25, -0.2) is 19.5 Å². The molecule has 1 aliphatic rings. The lowest BCUT2D eigenvalue weighted by Gasteiger charge is -2.36. The molecule has 0 saturated heterocycles. The van der Waals surface area contributed by atoms with Crippen LogP contribution >= 0.6 is 0 Å². The zero-order valence-corrected chi connectivity index (χ0v) is 17.0. The second-order valence-corrected chi connectivity index (χ2v) is 7.28. The maximum atomic E-state index is 13.0. The molecule has 7 nitrogen and oxygen atoms in total. The van der Waals surface area contributed by atoms with Gasteiger partial charge in [0, 0.05) is 0 Å². The molecule has 0 saturated carbocycles. The first-order valence-corrected chi connectivity index (χ1v) is 9.06. The van der Waals surface area contributed by atoms with Crippen LogP contribution in [0.4, 0.5) is 4.79 Å². The normalized spacial score (nSPS) is 17.1. The van der Waals surface area contributed by atoms with Crippen LogP contribution in [0.15, 0.2) is 47.1 Å². The summed E-state index contributed by atoms with van der Waals surface area (Å²) in [6.07, 6.45) is 0.953. The van der Waals surface area contributed by atoms with Crippen LogP contribution in [0.1, 0.15) is 51.8 Å². The van der Waals surface area contributed by atoms with Gasteiger partial charge in [0.25, 0.3) is 0 Å². The summed E-state index contributed by atoms with van der Waals surface area (Å²) in [6, 6.07) is 6.47. The molecule has 1 amide bonds. The van der Waals surface area contributed by atoms with Gasteiger partial charge in [0.05, 0.1) is 17.9 Å². The zero-order valence-electron chi connectivity index (χ0n) is 17.0. The minimum absolute atomic E-state index is 0.0522. The van der Waals surface area contributed by atoms with E-state index in [1.165, 1.54) is 4.90 Å². The third-order valence-electron chi connectivity index (χ3n) is 4.05. The van der Waals surface area contributed by atoms with E-state index in [1.807, 2.05) is 24.3 Å². The van der Waals surface area contributed by atoms with Gasteiger partial charge in [0.1, 0.15) is 11.6 Å². The Balaban J connectivity index is 2.69. The van der Waals surface area contributed by atoms with Crippen molar-refractivity contribution in [1.82, 2.24) is 4.90 Å². The van der Waals surface area contributed by atoms with Gasteiger partial charge in [0.2, 0.25) is 5.96 Å². The Morgan fingerprint density at radius 2 is 1.96 bits per heavy atom. The highest BCUT2D eigenvalue weighted by atomic mass is 16.6. The molecule has 0 spiro atoms. The number of hydrogen-bond acceptors (Lipinski definition) is 6. The maximum absolute atomic E-state index is 13.0. The van der Waals surface area contributed by atoms with Crippen LogP contribution in [0.3, 0.4) is 0 Å². The topological polar surface area (TPSA) is 94.2 Å². The second-order valence-electron chi connectivity index (χ2n) is 7.28. The Labute approximate surface area is 165 Å². The molecule has 0 aromatic heterocycles. The van der Waals surface area contributed by atoms with E-state index in [0.717, 1.165) is 5.56 Å². The first-order valence-electron chi connectivity index (χ1n) is 9.06. The number of hydrogen-bond donors (Lipinski definition) is 1. The molecule has 0 fully saturated rings. The third-order valence-corrected chi connectivity index (χ3v) is 4.05. The van der Waals surface area contributed by atoms with Gasteiger partial charge >= 0.3 is 12.1 Å². The number of guanidine groups is 1. The van der Waals surface area contributed by atoms with Crippen LogP contribution in [-0.4, -0.2) is 35.1 Å². The van der Waals surface area contributed by atoms with E-state index in [4.69, 9.17) is 15.2 Å². The maximum Gasteiger partial charge on any atom is 0.418 e. The molecule has 1 heterocycles. The Morgan fingerprint density at radius 3 is 2.54 bits per heavy atom. The molecular formula is C21H27N3O4. The molecule has 28 heavy (non-hydrogen) atoms. The SMILES string of the molecule is C=Cc1ccccc1C1C(C(=O)OCC)=C(C)N=C(N)N1C(=O)OC(C)(C)C. The van der Waals surface area contributed by atoms with E-state index >= 15 is 0 Å². The number of esters is 1. The molecule has 0 radical (unpaired) electrons. The Bertz CT molecular complexity index is 849. The molecule has 0 aliphatic carbocycles. The number of ether oxygens (including phenoxy) is 2. The lowest BCUT2D eigenvalue weighted by atomic mass is 9.91. The van der Waals surface area contributed by atoms with Gasteiger partial charge in [-0.1, -0.05) is 36.9 Å². The Morgan fingerprint density at radius 1 is 1.32 bits per heavy atom. The highest BCUT2D eigenvalue weighted by Crippen LogP contribution is 2.37. The van der Waals surface area contributed by atoms with Crippen molar-refractivity contribution >= 4 is 24.1 Å². The molecular weight excluding hydrogens is 358 g/mol. The summed E-state index contributed by atoms with van der Waals surface area (Å²) in [5.41, 5.74) is 7.40. The Hall–Kier alpha value is -3.09. The number of allylic oxidation sites excluding steroid dienone is 1. The molecule has 1 unspecified atom stereocenters. The van der Waals surface area contributed by atoms with E-state index in [-0.39, 0.29) is 18.1 Å². The van der Waals surface area contributed by atoms with Gasteiger partial charge in [-0.2, -0.15) is 0 Å². The first kappa shape index (κ1) is 21.2. The van der Waals surface area contributed by atoms with Gasteiger partial charge in [-0.3, -0.25) is 0 Å². The van der Waals surface area contributed by atoms with Gasteiger partial charge in [-0.15, -0.1) is 0 Å². The van der Waals surface area contributed by atoms with E-state index in [2.05, 4.69) is 11.6 Å². The highest BCUT2D eigenvalue weighted by Gasteiger charge is 2.41. The van der Waals surface area contributed by atoms with Gasteiger partial charge in [0.15, 0.2) is 0 Å². The number of nitrogens with two attached hydrogens (primary N) is 1. The molecule has 2 rings (SSSR count). The van der Waals surface area contributed by atoms with Crippen LogP contribution < -0.4 is 5.73 Å². The van der Waals surface area contributed by atoms with Crippen molar-refractivity contribution < 1.29 is 19.1 Å². The van der Waals surface area contributed by atoms with Crippen LogP contribution in [0.25, 0.3) is 6.08 Å². The summed E-state index contributed by atoms with van der Waals surface area (Å²) in [4.78, 5) is 31.1. The van der Waals surface area contributed by atoms with E-state index in [9.17, 15) is 9.59 Å². The molecule has 1 aromatic rings. The highest BCUT2D eigenvalue weighted by molar-refractivity contribution is 6.01. The van der Waals surface area contributed by atoms with Crippen LogP contribution in [0.5, 0.6) is 0 Å². The zero-order chi connectivity index (χ0) is 21.1. The van der Waals surface area contributed by atoms with E-state index in [0.29, 0.717) is 11.3 Å². The quantitative estimate of drug-likeness (QED) is 0.796. The number of carbonyl (C=O) groups is 2. The van der Waals surface area contributed by atoms with Crippen molar-refractivity contribution in [1.29, 1.82) is 0 Å². The number of aliphatic imine (C=N–C) groups is 1. The molecule has 1 atom stereocenters. The van der Waals surface area contributed by atoms with Crippen LogP contribution in [0.2, 0.25) is 0 Å². The lowest BCUT2D eigenvalue weighted by Crippen LogP contribution is -2.50. The lowest BCUT2D eigenvalue weighted by molar-refractivity contribution is -0.139. The summed E-state index contributed by atoms with van der Waals surface area (Å²) < 4.78 is 10.8. The standard InChI is InChI=1S/C21H27N3O4/c1-7-14-11-9-10-12-15(14)17-16(18(25)27-8-2)13(3)23-19(22)24(17)20(26)28-21(4,5)6/h7,9-12,17H,1,8H2,2-6H3,(H2,22,23). The summed E-state index contributed by atoms with van der Waals surface area (Å²) >= 11 is 0. The van der Waals surface area contributed by atoms with Crippen LogP contribution in [-0.2, 0) is 14.3 Å². The molecule has 1 aliphatic heterocycles. The van der Waals surface area contributed by atoms with Crippen molar-refractivity contribution in [3.8, 4) is 0 Å². The second kappa shape index (κ2) is 8.29. The molecule has 2 N–H and O–H groups in total. The first-order chi connectivity index (χ1) is 13.1. The third kappa shape index (κ3) is 4.42. The van der Waals surface area contributed by atoms with Crippen molar-refractivity contribution in [2.24, 2.45) is 10.7 Å². The number of carbonyl (C=O) groups excluding carboxylic acids is 2. The monoisotopic (exact) mass is 385 g/mol. The average molecular weight is 385 g/mol. The number of benzene rings is 1. The summed E-state index contributed by atoms with van der Waals surface area (Å²) in [6.45, 7) is 12.7. The minimum atomic E-state index is -0.847. The van der Waals surface area contributed by atoms with Gasteiger partial charge < -0.3 is 15.2 Å². The van der Waals surface area contributed by atoms with Crippen LogP contribution in [0, 0.1) is 0 Å². The minimum Gasteiger partial charge on any atom is -0.463 e. The number of rotatable bonds is 4. The fourth-order valence-electron chi connectivity index (χ4n) is 2.96. The Kier molecular flexibility index (Phi) is 6.28. The summed E-state index contributed by atoms with van der Waals surface area (Å²) in [5, 5.41) is 0. The summed E-state index contributed by atoms with van der Waals surface area (Å²) in [7, 11) is 0. The van der Waals surface area contributed by atoms with Crippen molar-refractivity contribution in [2.45, 2.75) is 46.3 Å². The smallest absolute Gasteiger partial charge is 0.418 e. The predicted molar refractivity (Wildman–Crippen MR) is 108 cm³/mol. The summed E-state index contributed by atoms with van der Waals surface area (Å²) in [5.74, 6) is -0.614. The molecule has 150 valence electrons. The van der Waals surface area contributed by atoms with Crippen molar-refractivity contribution in [3.05, 3.63) is 53.2 Å². The molecule has 7 heteroatoms. The fraction of sp³-hybridized carbons (Fsp3) is 0.381. The predicted octanol–water partition coefficient (Wildman–Crippen LogP) is 3.77. The van der Waals surface area contributed by atoms with Crippen molar-refractivity contribution in [3.63, 3.8) is 0 Å². The van der Waals surface area contributed by atoms with Crippen molar-refractivity contribution in [2.75, 3.05) is 6.61 Å². The molecule has 0 bridgehead atoms. The van der Waals surface area contributed by atoms with E-state index < -0.39 is 23.7 Å². The number of amides is 1. The van der Waals surface area contributed by atoms with Gasteiger partial charge in [-0.05, 0) is 45.7 Å². The van der Waals surface area contributed by atoms with E-state index in [1.54, 1.807) is 40.7 Å². The fourth-order valence-corrected chi connectivity index (χ4v) is 2.96. The average Bonchev–Trinajstić information content (AvgIpc) is 2.59. The largest absolute Gasteiger partial charge is 0.463 e. The molecule has 1 aromatic carbocycles.